The summed E-state index contributed by atoms with van der Waals surface area (Å²) in [6.07, 6.45) is -4.74. The first-order valence-corrected chi connectivity index (χ1v) is 9.50. The lowest BCUT2D eigenvalue weighted by Gasteiger charge is -2.14. The van der Waals surface area contributed by atoms with Gasteiger partial charge < -0.3 is 9.47 Å². The summed E-state index contributed by atoms with van der Waals surface area (Å²) in [6, 6.07) is 11.5. The van der Waals surface area contributed by atoms with Crippen molar-refractivity contribution in [1.82, 2.24) is 4.98 Å². The molecule has 0 bridgehead atoms. The monoisotopic (exact) mass is 421 g/mol. The lowest BCUT2D eigenvalue weighted by molar-refractivity contribution is -0.137. The highest BCUT2D eigenvalue weighted by atomic mass is 32.1. The first kappa shape index (κ1) is 20.9. The summed E-state index contributed by atoms with van der Waals surface area (Å²) in [5.41, 5.74) is 1.05. The van der Waals surface area contributed by atoms with Gasteiger partial charge in [-0.25, -0.2) is 9.78 Å². The molecule has 3 aromatic rings. The van der Waals surface area contributed by atoms with Gasteiger partial charge in [0.2, 0.25) is 0 Å². The number of rotatable bonds is 5. The summed E-state index contributed by atoms with van der Waals surface area (Å²) in [4.78, 5) is 17.0. The molecule has 0 saturated heterocycles. The smallest absolute Gasteiger partial charge is 0.416 e. The van der Waals surface area contributed by atoms with Crippen molar-refractivity contribution in [1.29, 1.82) is 0 Å². The zero-order valence-electron chi connectivity index (χ0n) is 15.9. The fraction of sp³-hybridized carbons (Fsp3) is 0.238. The van der Waals surface area contributed by atoms with Crippen molar-refractivity contribution in [2.24, 2.45) is 0 Å². The number of carbonyl (C=O) groups excluding carboxylic acids is 1. The van der Waals surface area contributed by atoms with Crippen LogP contribution in [0.5, 0.6) is 5.75 Å². The van der Waals surface area contributed by atoms with E-state index < -0.39 is 17.7 Å². The molecule has 0 aliphatic carbocycles. The van der Waals surface area contributed by atoms with Crippen molar-refractivity contribution >= 4 is 17.3 Å². The number of benzene rings is 2. The number of hydrogen-bond donors (Lipinski definition) is 0. The Kier molecular flexibility index (Phi) is 5.93. The Hall–Kier alpha value is -2.87. The maximum absolute atomic E-state index is 12.7. The molecular formula is C21H18F3NO3S. The number of carbonyl (C=O) groups is 1. The second kappa shape index (κ2) is 8.24. The van der Waals surface area contributed by atoms with Crippen molar-refractivity contribution < 1.29 is 27.4 Å². The van der Waals surface area contributed by atoms with Gasteiger partial charge in [-0.05, 0) is 50.2 Å². The fourth-order valence-corrected chi connectivity index (χ4v) is 3.76. The average molecular weight is 421 g/mol. The van der Waals surface area contributed by atoms with E-state index >= 15 is 0 Å². The van der Waals surface area contributed by atoms with E-state index in [1.54, 1.807) is 24.3 Å². The summed E-state index contributed by atoms with van der Waals surface area (Å²) in [7, 11) is 1.31. The highest BCUT2D eigenvalue weighted by Crippen LogP contribution is 2.35. The standard InChI is InChI=1S/C21H18F3NO3S/c1-12(28-17-10-6-15(7-11-17)20(26)27-3)18-13(2)29-19(25-18)14-4-8-16(9-5-14)21(22,23)24/h4-12H,1-3H3. The molecule has 3 rings (SSSR count). The van der Waals surface area contributed by atoms with E-state index in [0.29, 0.717) is 27.6 Å². The number of halogens is 3. The van der Waals surface area contributed by atoms with Gasteiger partial charge >= 0.3 is 12.1 Å². The van der Waals surface area contributed by atoms with Crippen LogP contribution < -0.4 is 4.74 Å². The summed E-state index contributed by atoms with van der Waals surface area (Å²) < 4.78 is 48.8. The number of thiazole rings is 1. The lowest BCUT2D eigenvalue weighted by atomic mass is 10.1. The van der Waals surface area contributed by atoms with Crippen LogP contribution in [0, 0.1) is 6.92 Å². The van der Waals surface area contributed by atoms with Gasteiger partial charge in [0, 0.05) is 10.4 Å². The van der Waals surface area contributed by atoms with E-state index in [0.717, 1.165) is 17.0 Å². The van der Waals surface area contributed by atoms with Crippen molar-refractivity contribution in [2.75, 3.05) is 7.11 Å². The number of esters is 1. The molecule has 0 saturated carbocycles. The third-order valence-electron chi connectivity index (χ3n) is 4.26. The molecular weight excluding hydrogens is 403 g/mol. The molecule has 4 nitrogen and oxygen atoms in total. The number of aryl methyl sites for hydroxylation is 1. The number of methoxy groups -OCH3 is 1. The second-order valence-electron chi connectivity index (χ2n) is 6.31. The van der Waals surface area contributed by atoms with E-state index in [2.05, 4.69) is 9.72 Å². The van der Waals surface area contributed by atoms with Gasteiger partial charge in [0.05, 0.1) is 23.9 Å². The molecule has 29 heavy (non-hydrogen) atoms. The zero-order chi connectivity index (χ0) is 21.2. The normalized spacial score (nSPS) is 12.5. The van der Waals surface area contributed by atoms with Crippen LogP contribution in [0.1, 0.15) is 39.5 Å². The summed E-state index contributed by atoms with van der Waals surface area (Å²) in [5.74, 6) is 0.134. The molecule has 0 radical (unpaired) electrons. The first-order chi connectivity index (χ1) is 13.7. The first-order valence-electron chi connectivity index (χ1n) is 8.69. The number of nitrogens with zero attached hydrogens (tertiary/aromatic N) is 1. The Balaban J connectivity index is 1.76. The van der Waals surface area contributed by atoms with Crippen molar-refractivity contribution in [3.8, 4) is 16.3 Å². The molecule has 0 spiro atoms. The predicted molar refractivity (Wildman–Crippen MR) is 104 cm³/mol. The highest BCUT2D eigenvalue weighted by Gasteiger charge is 2.30. The molecule has 0 N–H and O–H groups in total. The molecule has 0 amide bonds. The maximum atomic E-state index is 12.7. The van der Waals surface area contributed by atoms with E-state index in [4.69, 9.17) is 4.74 Å². The van der Waals surface area contributed by atoms with Gasteiger partial charge in [0.15, 0.2) is 0 Å². The third kappa shape index (κ3) is 4.76. The molecule has 1 aromatic heterocycles. The number of aromatic nitrogens is 1. The van der Waals surface area contributed by atoms with E-state index in [9.17, 15) is 18.0 Å². The van der Waals surface area contributed by atoms with Gasteiger partial charge in [-0.15, -0.1) is 11.3 Å². The van der Waals surface area contributed by atoms with Crippen LogP contribution in [0.4, 0.5) is 13.2 Å². The van der Waals surface area contributed by atoms with Crippen molar-refractivity contribution in [2.45, 2.75) is 26.1 Å². The van der Waals surface area contributed by atoms with Crippen LogP contribution in [-0.2, 0) is 10.9 Å². The van der Waals surface area contributed by atoms with Crippen LogP contribution in [-0.4, -0.2) is 18.1 Å². The topological polar surface area (TPSA) is 48.4 Å². The summed E-state index contributed by atoms with van der Waals surface area (Å²) >= 11 is 1.40. The second-order valence-corrected chi connectivity index (χ2v) is 7.51. The fourth-order valence-electron chi connectivity index (χ4n) is 2.76. The molecule has 1 unspecified atom stereocenters. The van der Waals surface area contributed by atoms with Crippen LogP contribution in [0.2, 0.25) is 0 Å². The summed E-state index contributed by atoms with van der Waals surface area (Å²) in [6.45, 7) is 3.73. The average Bonchev–Trinajstić information content (AvgIpc) is 3.09. The van der Waals surface area contributed by atoms with Crippen LogP contribution >= 0.6 is 11.3 Å². The lowest BCUT2D eigenvalue weighted by Crippen LogP contribution is -2.06. The molecule has 0 aliphatic heterocycles. The van der Waals surface area contributed by atoms with E-state index in [-0.39, 0.29) is 6.10 Å². The third-order valence-corrected chi connectivity index (χ3v) is 5.30. The summed E-state index contributed by atoms with van der Waals surface area (Å²) in [5, 5.41) is 0.628. The minimum absolute atomic E-state index is 0.376. The Morgan fingerprint density at radius 2 is 1.69 bits per heavy atom. The van der Waals surface area contributed by atoms with Crippen LogP contribution in [0.15, 0.2) is 48.5 Å². The number of hydrogen-bond acceptors (Lipinski definition) is 5. The number of ether oxygens (including phenoxy) is 2. The van der Waals surface area contributed by atoms with Crippen molar-refractivity contribution in [3.63, 3.8) is 0 Å². The van der Waals surface area contributed by atoms with Gasteiger partial charge in [0.25, 0.3) is 0 Å². The van der Waals surface area contributed by atoms with Gasteiger partial charge in [-0.1, -0.05) is 12.1 Å². The molecule has 2 aromatic carbocycles. The quantitative estimate of drug-likeness (QED) is 0.470. The molecule has 152 valence electrons. The Bertz CT molecular complexity index is 996. The molecule has 1 heterocycles. The minimum Gasteiger partial charge on any atom is -0.484 e. The van der Waals surface area contributed by atoms with Crippen LogP contribution in [0.25, 0.3) is 10.6 Å². The minimum atomic E-state index is -4.37. The van der Waals surface area contributed by atoms with Crippen LogP contribution in [0.3, 0.4) is 0 Å². The Morgan fingerprint density at radius 3 is 2.24 bits per heavy atom. The predicted octanol–water partition coefficient (Wildman–Crippen LogP) is 6.06. The van der Waals surface area contributed by atoms with Crippen molar-refractivity contribution in [3.05, 3.63) is 70.2 Å². The SMILES string of the molecule is COC(=O)c1ccc(OC(C)c2nc(-c3ccc(C(F)(F)F)cc3)sc2C)cc1. The Labute approximate surface area is 169 Å². The van der Waals surface area contributed by atoms with E-state index in [1.165, 1.54) is 30.6 Å². The number of alkyl halides is 3. The highest BCUT2D eigenvalue weighted by molar-refractivity contribution is 7.15. The Morgan fingerprint density at radius 1 is 1.07 bits per heavy atom. The largest absolute Gasteiger partial charge is 0.484 e. The molecule has 0 aliphatic rings. The van der Waals surface area contributed by atoms with Gasteiger partial charge in [0.1, 0.15) is 16.9 Å². The van der Waals surface area contributed by atoms with E-state index in [1.807, 2.05) is 13.8 Å². The maximum Gasteiger partial charge on any atom is 0.416 e. The molecule has 0 fully saturated rings. The zero-order valence-corrected chi connectivity index (χ0v) is 16.7. The van der Waals surface area contributed by atoms with Gasteiger partial charge in [-0.2, -0.15) is 13.2 Å². The molecule has 8 heteroatoms. The molecule has 1 atom stereocenters. The van der Waals surface area contributed by atoms with Gasteiger partial charge in [-0.3, -0.25) is 0 Å².